The molecule has 0 aliphatic carbocycles. The number of nitrogens with two attached hydrogens (primary N) is 1. The van der Waals surface area contributed by atoms with Crippen molar-refractivity contribution in [3.8, 4) is 29.9 Å². The Morgan fingerprint density at radius 2 is 1.73 bits per heavy atom. The van der Waals surface area contributed by atoms with E-state index in [9.17, 15) is 54.1 Å². The Balaban J connectivity index is 0.000000241. The number of carboxylic acid groups (broad SMARTS) is 2. The van der Waals surface area contributed by atoms with Crippen molar-refractivity contribution in [3.05, 3.63) is 64.5 Å². The molecule has 22 nitrogen and oxygen atoms in total. The number of amides is 3. The van der Waals surface area contributed by atoms with Crippen LogP contribution in [-0.4, -0.2) is 112 Å². The summed E-state index contributed by atoms with van der Waals surface area (Å²) in [6.07, 6.45) is 6.22. The number of sulfonamides is 1. The van der Waals surface area contributed by atoms with E-state index in [4.69, 9.17) is 32.0 Å². The molecule has 3 amide bonds. The van der Waals surface area contributed by atoms with Gasteiger partial charge >= 0.3 is 31.2 Å². The van der Waals surface area contributed by atoms with Gasteiger partial charge in [0.1, 0.15) is 28.2 Å². The van der Waals surface area contributed by atoms with Gasteiger partial charge in [0.2, 0.25) is 22.5 Å². The molecule has 2 aliphatic heterocycles. The van der Waals surface area contributed by atoms with Crippen molar-refractivity contribution < 1.29 is 83.4 Å². The molecule has 6 rings (SSSR count). The van der Waals surface area contributed by atoms with Gasteiger partial charge in [0.15, 0.2) is 19.8 Å². The highest BCUT2D eigenvalue weighted by molar-refractivity contribution is 7.90. The molecule has 0 fully saturated rings. The number of hydrogen-bond donors (Lipinski definition) is 6. The van der Waals surface area contributed by atoms with Crippen molar-refractivity contribution in [3.63, 3.8) is 0 Å². The smallest absolute Gasteiger partial charge is 0.388 e. The van der Waals surface area contributed by atoms with Crippen LogP contribution in [0.15, 0.2) is 52.4 Å². The molecule has 0 saturated heterocycles. The Labute approximate surface area is 380 Å². The number of benzene rings is 2. The number of carbonyl (C=O) groups is 4. The maximum absolute atomic E-state index is 14.5. The van der Waals surface area contributed by atoms with E-state index in [1.807, 2.05) is 4.57 Å². The third kappa shape index (κ3) is 15.4. The average Bonchev–Trinajstić information content (AvgIpc) is 3.72. The van der Waals surface area contributed by atoms with Crippen molar-refractivity contribution in [2.45, 2.75) is 57.4 Å². The number of aromatic carboxylic acids is 1. The summed E-state index contributed by atoms with van der Waals surface area (Å²) in [5.41, 5.74) is 5.13. The first kappa shape index (κ1) is 52.9. The summed E-state index contributed by atoms with van der Waals surface area (Å²) >= 11 is 1.24. The van der Waals surface area contributed by atoms with E-state index in [2.05, 4.69) is 48.6 Å². The zero-order valence-corrected chi connectivity index (χ0v) is 37.5. The van der Waals surface area contributed by atoms with Crippen LogP contribution in [0.3, 0.4) is 0 Å². The molecule has 362 valence electrons. The van der Waals surface area contributed by atoms with Crippen LogP contribution in [0.1, 0.15) is 36.5 Å². The summed E-state index contributed by atoms with van der Waals surface area (Å²) in [4.78, 5) is 66.3. The SMILES string of the molecule is C#CCN1C(=O)COc2cc(F)c(N=c3snc4n3CC(C)(C)C4)cc21.CP(=O)(O)CCC(N)C(=O)O.O=C(Nc1nc(OC(F)F)cc(OC(F)F)n1)NS(=O)(=O)c1ccccc1C(=O)O. The standard InChI is InChI=1S/C18H17FN4O2S.C14H10F4N4O7S.C5H12NO4P/c1-4-5-22-13-7-12(11(19)6-14(13)25-9-16(22)24)20-17-23-10-18(2,3)8-15(23)21-26-17;15-11(16)28-8-5-9(29-12(17)18)20-13(19-8)21-14(25)22-30(26,27)7-4-2-1-3-6(7)10(23)24;1-11(9,10)3-2-4(6)5(7)8/h1,6-7H,5,8-10H2,2-3H3;1-5,11-12H,(H,23,24)(H2,19,20,21,22,25);4H,2-3,6H2,1H3,(H,7,8)(H,9,10). The number of hydrogen-bond acceptors (Lipinski definition) is 16. The molecule has 7 N–H and O–H groups in total. The monoisotopic (exact) mass is 1010 g/mol. The molecule has 2 aliphatic rings. The summed E-state index contributed by atoms with van der Waals surface area (Å²) in [6.45, 7) is -0.581. The molecular formula is C37H39F5N9O13PS2. The minimum atomic E-state index is -4.71. The van der Waals surface area contributed by atoms with Gasteiger partial charge in [0, 0.05) is 43.4 Å². The fourth-order valence-electron chi connectivity index (χ4n) is 5.69. The van der Waals surface area contributed by atoms with Crippen LogP contribution in [0.25, 0.3) is 0 Å². The number of urea groups is 1. The fraction of sp³-hybridized carbons (Fsp3) is 0.351. The second kappa shape index (κ2) is 22.2. The Kier molecular flexibility index (Phi) is 17.5. The van der Waals surface area contributed by atoms with Crippen molar-refractivity contribution in [1.29, 1.82) is 0 Å². The Hall–Kier alpha value is -6.73. The van der Waals surface area contributed by atoms with Crippen LogP contribution in [0, 0.1) is 23.6 Å². The van der Waals surface area contributed by atoms with E-state index >= 15 is 0 Å². The summed E-state index contributed by atoms with van der Waals surface area (Å²) < 4.78 is 120. The number of terminal acetylenes is 1. The van der Waals surface area contributed by atoms with Gasteiger partial charge in [-0.3, -0.25) is 24.4 Å². The van der Waals surface area contributed by atoms with E-state index in [1.54, 1.807) is 5.32 Å². The molecule has 0 bridgehead atoms. The first-order chi connectivity index (χ1) is 31.2. The minimum absolute atomic E-state index is 0.0412. The van der Waals surface area contributed by atoms with Gasteiger partial charge in [-0.05, 0) is 30.0 Å². The zero-order valence-electron chi connectivity index (χ0n) is 34.9. The van der Waals surface area contributed by atoms with Crippen molar-refractivity contribution in [2.24, 2.45) is 16.1 Å². The van der Waals surface area contributed by atoms with Crippen molar-refractivity contribution >= 4 is 70.1 Å². The number of nitrogens with zero attached hydrogens (tertiary/aromatic N) is 6. The zero-order chi connectivity index (χ0) is 50.0. The van der Waals surface area contributed by atoms with Gasteiger partial charge in [0.25, 0.3) is 15.9 Å². The second-order valence-corrected chi connectivity index (χ2v) is 19.6. The largest absolute Gasteiger partial charge is 0.481 e. The predicted octanol–water partition coefficient (Wildman–Crippen LogP) is 3.83. The van der Waals surface area contributed by atoms with Crippen molar-refractivity contribution in [2.75, 3.05) is 36.2 Å². The number of halogens is 5. The third-order valence-electron chi connectivity index (χ3n) is 8.57. The van der Waals surface area contributed by atoms with E-state index < -0.39 is 88.6 Å². The number of rotatable bonds is 14. The van der Waals surface area contributed by atoms with Gasteiger partial charge in [-0.1, -0.05) is 31.9 Å². The van der Waals surface area contributed by atoms with Crippen LogP contribution in [0.2, 0.25) is 0 Å². The summed E-state index contributed by atoms with van der Waals surface area (Å²) in [5, 5.41) is 19.0. The summed E-state index contributed by atoms with van der Waals surface area (Å²) in [5.74, 6) is -2.67. The molecule has 0 saturated carbocycles. The van der Waals surface area contributed by atoms with Crippen LogP contribution in [0.4, 0.5) is 44.1 Å². The molecule has 2 unspecified atom stereocenters. The summed E-state index contributed by atoms with van der Waals surface area (Å²) in [6, 6.07) is 4.95. The average molecular weight is 1010 g/mol. The quantitative estimate of drug-likeness (QED) is 0.0594. The molecule has 4 aromatic rings. The molecule has 30 heteroatoms. The highest BCUT2D eigenvalue weighted by Gasteiger charge is 2.32. The number of ether oxygens (including phenoxy) is 3. The predicted molar refractivity (Wildman–Crippen MR) is 225 cm³/mol. The van der Waals surface area contributed by atoms with Gasteiger partial charge in [-0.2, -0.15) is 31.9 Å². The highest BCUT2D eigenvalue weighted by atomic mass is 32.2. The number of aromatic nitrogens is 4. The first-order valence-corrected chi connectivity index (χ1v) is 23.3. The van der Waals surface area contributed by atoms with E-state index in [0.717, 1.165) is 30.9 Å². The maximum Gasteiger partial charge on any atom is 0.388 e. The fourth-order valence-corrected chi connectivity index (χ4v) is 8.32. The summed E-state index contributed by atoms with van der Waals surface area (Å²) in [7, 11) is -7.82. The molecule has 67 heavy (non-hydrogen) atoms. The highest BCUT2D eigenvalue weighted by Crippen LogP contribution is 2.38. The Bertz CT molecular complexity index is 2760. The number of fused-ring (bicyclic) bond motifs is 2. The number of carboxylic acids is 2. The van der Waals surface area contributed by atoms with Gasteiger partial charge in [-0.15, -0.1) is 6.42 Å². The lowest BCUT2D eigenvalue weighted by molar-refractivity contribution is -0.138. The van der Waals surface area contributed by atoms with Gasteiger partial charge < -0.3 is 39.6 Å². The number of anilines is 2. The van der Waals surface area contributed by atoms with E-state index in [1.165, 1.54) is 52.1 Å². The lowest BCUT2D eigenvalue weighted by atomic mass is 9.92. The van der Waals surface area contributed by atoms with Gasteiger partial charge in [-0.25, -0.2) is 32.1 Å². The topological polar surface area (TPSA) is 317 Å². The molecule has 0 spiro atoms. The lowest BCUT2D eigenvalue weighted by Crippen LogP contribution is -2.39. The van der Waals surface area contributed by atoms with Gasteiger partial charge in [0.05, 0.1) is 23.9 Å². The number of alkyl halides is 4. The molecule has 2 aromatic heterocycles. The third-order valence-corrected chi connectivity index (χ3v) is 11.8. The molecule has 0 radical (unpaired) electrons. The minimum Gasteiger partial charge on any atom is -0.481 e. The van der Waals surface area contributed by atoms with Crippen LogP contribution < -0.4 is 39.7 Å². The van der Waals surface area contributed by atoms with Crippen molar-refractivity contribution in [1.82, 2.24) is 23.6 Å². The Morgan fingerprint density at radius 1 is 1.10 bits per heavy atom. The van der Waals surface area contributed by atoms with E-state index in [-0.39, 0.29) is 42.7 Å². The normalized spacial score (nSPS) is 15.2. The van der Waals surface area contributed by atoms with Crippen LogP contribution in [-0.2, 0) is 37.1 Å². The number of aliphatic carboxylic acids is 1. The molecular weight excluding hydrogens is 969 g/mol. The van der Waals surface area contributed by atoms with E-state index in [0.29, 0.717) is 22.3 Å². The molecule has 2 atom stereocenters. The lowest BCUT2D eigenvalue weighted by Gasteiger charge is -2.28. The van der Waals surface area contributed by atoms with Crippen LogP contribution >= 0.6 is 18.9 Å². The molecule has 2 aromatic carbocycles. The number of nitrogens with one attached hydrogen (secondary N) is 2. The molecule has 4 heterocycles. The maximum atomic E-state index is 14.5. The second-order valence-electron chi connectivity index (χ2n) is 14.7. The van der Waals surface area contributed by atoms with Crippen LogP contribution in [0.5, 0.6) is 17.5 Å². The number of carbonyl (C=O) groups excluding carboxylic acids is 2. The Morgan fingerprint density at radius 3 is 2.30 bits per heavy atom. The first-order valence-electron chi connectivity index (χ1n) is 18.7.